The average Bonchev–Trinajstić information content (AvgIpc) is 2.53. The molecule has 1 heterocycles. The maximum Gasteiger partial charge on any atom is 0.0642 e. The minimum Gasteiger partial charge on any atom is -0.378 e. The first-order valence-corrected chi connectivity index (χ1v) is 8.22. The molecule has 2 nitrogen and oxygen atoms in total. The van der Waals surface area contributed by atoms with E-state index in [9.17, 15) is 0 Å². The van der Waals surface area contributed by atoms with Crippen LogP contribution in [0.5, 0.6) is 0 Å². The lowest BCUT2D eigenvalue weighted by Crippen LogP contribution is -2.36. The van der Waals surface area contributed by atoms with E-state index >= 15 is 0 Å². The third-order valence-electron chi connectivity index (χ3n) is 3.84. The molecule has 0 saturated carbocycles. The van der Waals surface area contributed by atoms with E-state index in [1.165, 1.54) is 26.6 Å². The Morgan fingerprint density at radius 1 is 0.905 bits per heavy atom. The molecule has 0 aliphatic carbocycles. The lowest BCUT2D eigenvalue weighted by atomic mass is 10.2. The number of ether oxygens (including phenoxy) is 1. The second-order valence-corrected chi connectivity index (χ2v) is 6.50. The predicted octanol–water partition coefficient (Wildman–Crippen LogP) is 4.29. The van der Waals surface area contributed by atoms with Crippen molar-refractivity contribution in [3.63, 3.8) is 0 Å². The second kappa shape index (κ2) is 6.54. The van der Waals surface area contributed by atoms with Gasteiger partial charge in [0.25, 0.3) is 0 Å². The molecular formula is C18H21NOS. The molecule has 0 aromatic heterocycles. The smallest absolute Gasteiger partial charge is 0.0642 e. The Bertz CT molecular complexity index is 583. The van der Waals surface area contributed by atoms with Gasteiger partial charge in [0.2, 0.25) is 0 Å². The molecule has 1 saturated heterocycles. The standard InChI is InChI=1S/C18H21NOS/c1-14-4-3-5-15(2)18(14)21-17-8-6-16(7-9-17)19-10-12-20-13-11-19/h3-9H,10-13H2,1-2H3. The molecule has 1 aliphatic heterocycles. The molecular weight excluding hydrogens is 278 g/mol. The molecule has 0 bridgehead atoms. The van der Waals surface area contributed by atoms with Gasteiger partial charge in [-0.25, -0.2) is 0 Å². The zero-order valence-corrected chi connectivity index (χ0v) is 13.5. The summed E-state index contributed by atoms with van der Waals surface area (Å²) in [5.74, 6) is 0. The number of morpholine rings is 1. The van der Waals surface area contributed by atoms with Crippen molar-refractivity contribution in [2.75, 3.05) is 31.2 Å². The number of aryl methyl sites for hydroxylation is 2. The van der Waals surface area contributed by atoms with Crippen molar-refractivity contribution in [2.24, 2.45) is 0 Å². The minimum absolute atomic E-state index is 0.832. The molecule has 0 radical (unpaired) electrons. The van der Waals surface area contributed by atoms with E-state index in [-0.39, 0.29) is 0 Å². The monoisotopic (exact) mass is 299 g/mol. The first-order valence-electron chi connectivity index (χ1n) is 7.41. The van der Waals surface area contributed by atoms with E-state index in [0.29, 0.717) is 0 Å². The van der Waals surface area contributed by atoms with E-state index in [0.717, 1.165) is 26.3 Å². The van der Waals surface area contributed by atoms with Crippen LogP contribution in [0.1, 0.15) is 11.1 Å². The van der Waals surface area contributed by atoms with Gasteiger partial charge in [-0.15, -0.1) is 0 Å². The molecule has 0 amide bonds. The van der Waals surface area contributed by atoms with E-state index in [1.54, 1.807) is 0 Å². The quantitative estimate of drug-likeness (QED) is 0.839. The molecule has 1 fully saturated rings. The molecule has 3 rings (SSSR count). The van der Waals surface area contributed by atoms with E-state index < -0.39 is 0 Å². The van der Waals surface area contributed by atoms with Gasteiger partial charge in [0.1, 0.15) is 0 Å². The number of rotatable bonds is 3. The van der Waals surface area contributed by atoms with Gasteiger partial charge in [-0.3, -0.25) is 0 Å². The lowest BCUT2D eigenvalue weighted by molar-refractivity contribution is 0.122. The highest BCUT2D eigenvalue weighted by Gasteiger charge is 2.11. The van der Waals surface area contributed by atoms with Gasteiger partial charge in [0, 0.05) is 28.6 Å². The van der Waals surface area contributed by atoms with Gasteiger partial charge in [0.15, 0.2) is 0 Å². The van der Waals surface area contributed by atoms with E-state index in [2.05, 4.69) is 61.2 Å². The summed E-state index contributed by atoms with van der Waals surface area (Å²) in [5.41, 5.74) is 3.98. The molecule has 3 heteroatoms. The number of nitrogens with zero attached hydrogens (tertiary/aromatic N) is 1. The fourth-order valence-corrected chi connectivity index (χ4v) is 3.59. The largest absolute Gasteiger partial charge is 0.378 e. The van der Waals surface area contributed by atoms with Crippen molar-refractivity contribution in [2.45, 2.75) is 23.6 Å². The summed E-state index contributed by atoms with van der Waals surface area (Å²) < 4.78 is 5.40. The third-order valence-corrected chi connectivity index (χ3v) is 5.20. The second-order valence-electron chi connectivity index (χ2n) is 5.42. The van der Waals surface area contributed by atoms with Gasteiger partial charge in [-0.1, -0.05) is 30.0 Å². The van der Waals surface area contributed by atoms with Crippen LogP contribution in [-0.2, 0) is 4.74 Å². The van der Waals surface area contributed by atoms with Crippen molar-refractivity contribution in [1.82, 2.24) is 0 Å². The molecule has 0 atom stereocenters. The van der Waals surface area contributed by atoms with Crippen molar-refractivity contribution in [3.8, 4) is 0 Å². The van der Waals surface area contributed by atoms with Crippen LogP contribution in [0.2, 0.25) is 0 Å². The Morgan fingerprint density at radius 2 is 1.52 bits per heavy atom. The Labute approximate surface area is 131 Å². The van der Waals surface area contributed by atoms with Crippen molar-refractivity contribution in [1.29, 1.82) is 0 Å². The molecule has 0 unspecified atom stereocenters. The van der Waals surface area contributed by atoms with Gasteiger partial charge in [-0.05, 0) is 49.2 Å². The molecule has 2 aromatic rings. The summed E-state index contributed by atoms with van der Waals surface area (Å²) in [4.78, 5) is 5.05. The summed E-state index contributed by atoms with van der Waals surface area (Å²) in [7, 11) is 0. The normalized spacial score (nSPS) is 15.2. The van der Waals surface area contributed by atoms with E-state index in [4.69, 9.17) is 4.74 Å². The number of hydrogen-bond acceptors (Lipinski definition) is 3. The summed E-state index contributed by atoms with van der Waals surface area (Å²) >= 11 is 1.85. The van der Waals surface area contributed by atoms with Gasteiger partial charge >= 0.3 is 0 Å². The van der Waals surface area contributed by atoms with Crippen LogP contribution in [0, 0.1) is 13.8 Å². The number of anilines is 1. The van der Waals surface area contributed by atoms with Crippen LogP contribution in [0.25, 0.3) is 0 Å². The maximum absolute atomic E-state index is 5.40. The van der Waals surface area contributed by atoms with Crippen LogP contribution in [0.15, 0.2) is 52.3 Å². The average molecular weight is 299 g/mol. The number of hydrogen-bond donors (Lipinski definition) is 0. The summed E-state index contributed by atoms with van der Waals surface area (Å²) in [6.07, 6.45) is 0. The predicted molar refractivity (Wildman–Crippen MR) is 89.5 cm³/mol. The minimum atomic E-state index is 0.832. The fourth-order valence-electron chi connectivity index (χ4n) is 2.62. The molecule has 1 aliphatic rings. The van der Waals surface area contributed by atoms with Crippen molar-refractivity contribution >= 4 is 17.4 Å². The fraction of sp³-hybridized carbons (Fsp3) is 0.333. The highest BCUT2D eigenvalue weighted by molar-refractivity contribution is 7.99. The lowest BCUT2D eigenvalue weighted by Gasteiger charge is -2.28. The topological polar surface area (TPSA) is 12.5 Å². The number of benzene rings is 2. The molecule has 0 N–H and O–H groups in total. The molecule has 110 valence electrons. The molecule has 2 aromatic carbocycles. The van der Waals surface area contributed by atoms with Gasteiger partial charge < -0.3 is 9.64 Å². The van der Waals surface area contributed by atoms with Gasteiger partial charge in [0.05, 0.1) is 13.2 Å². The van der Waals surface area contributed by atoms with Crippen molar-refractivity contribution in [3.05, 3.63) is 53.6 Å². The van der Waals surface area contributed by atoms with Crippen molar-refractivity contribution < 1.29 is 4.74 Å². The molecule has 21 heavy (non-hydrogen) atoms. The van der Waals surface area contributed by atoms with Crippen LogP contribution in [-0.4, -0.2) is 26.3 Å². The highest BCUT2D eigenvalue weighted by Crippen LogP contribution is 2.33. The first kappa shape index (κ1) is 14.5. The maximum atomic E-state index is 5.40. The highest BCUT2D eigenvalue weighted by atomic mass is 32.2. The summed E-state index contributed by atoms with van der Waals surface area (Å²) in [6, 6.07) is 15.4. The Kier molecular flexibility index (Phi) is 4.51. The zero-order valence-electron chi connectivity index (χ0n) is 12.6. The summed E-state index contributed by atoms with van der Waals surface area (Å²) in [6.45, 7) is 8.00. The van der Waals surface area contributed by atoms with Crippen LogP contribution in [0.4, 0.5) is 5.69 Å². The zero-order chi connectivity index (χ0) is 14.7. The first-order chi connectivity index (χ1) is 10.2. The Morgan fingerprint density at radius 3 is 2.14 bits per heavy atom. The Hall–Kier alpha value is -1.45. The van der Waals surface area contributed by atoms with Crippen LogP contribution < -0.4 is 4.90 Å². The Balaban J connectivity index is 1.75. The summed E-state index contributed by atoms with van der Waals surface area (Å²) in [5, 5.41) is 0. The van der Waals surface area contributed by atoms with Gasteiger partial charge in [-0.2, -0.15) is 0 Å². The van der Waals surface area contributed by atoms with Crippen LogP contribution in [0.3, 0.4) is 0 Å². The molecule has 0 spiro atoms. The SMILES string of the molecule is Cc1cccc(C)c1Sc1ccc(N2CCOCC2)cc1. The van der Waals surface area contributed by atoms with E-state index in [1.807, 2.05) is 11.8 Å². The van der Waals surface area contributed by atoms with Crippen LogP contribution >= 0.6 is 11.8 Å². The third kappa shape index (κ3) is 3.42.